The number of nitrogens with zero attached hydrogens (tertiary/aromatic N) is 2. The highest BCUT2D eigenvalue weighted by Crippen LogP contribution is 2.19. The Balaban J connectivity index is 2.57. The summed E-state index contributed by atoms with van der Waals surface area (Å²) in [6.07, 6.45) is 1.26. The van der Waals surface area contributed by atoms with Gasteiger partial charge in [-0.25, -0.2) is 9.18 Å². The molecule has 0 saturated heterocycles. The first-order chi connectivity index (χ1) is 8.65. The molecule has 0 N–H and O–H groups in total. The van der Waals surface area contributed by atoms with Crippen molar-refractivity contribution in [3.63, 3.8) is 0 Å². The molecule has 0 saturated carbocycles. The minimum absolute atomic E-state index is 0.127. The first-order valence-corrected chi connectivity index (χ1v) is 5.32. The van der Waals surface area contributed by atoms with E-state index in [1.807, 2.05) is 6.07 Å². The van der Waals surface area contributed by atoms with Crippen LogP contribution in [0.5, 0.6) is 0 Å². The first-order valence-electron chi connectivity index (χ1n) is 5.32. The highest BCUT2D eigenvalue weighted by molar-refractivity contribution is 5.94. The number of rotatable bonds is 2. The minimum atomic E-state index is -0.584. The van der Waals surface area contributed by atoms with Crippen molar-refractivity contribution in [1.29, 1.82) is 5.26 Å². The summed E-state index contributed by atoms with van der Waals surface area (Å²) in [6.45, 7) is 1.95. The summed E-state index contributed by atoms with van der Waals surface area (Å²) >= 11 is 0. The second-order valence-corrected chi connectivity index (χ2v) is 3.59. The van der Waals surface area contributed by atoms with Crippen LogP contribution in [0.3, 0.4) is 0 Å². The van der Waals surface area contributed by atoms with E-state index in [2.05, 4.69) is 4.98 Å². The molecule has 0 spiro atoms. The number of hydrogen-bond donors (Lipinski definition) is 0. The van der Waals surface area contributed by atoms with E-state index in [1.54, 1.807) is 6.92 Å². The standard InChI is InChI=1S/C13H9FN2O2/c1-2-18-13(17)10-5-9-3-8(6-15)4-11(14)12(9)16-7-10/h3-5,7H,2H2,1H3. The van der Waals surface area contributed by atoms with Crippen LogP contribution >= 0.6 is 0 Å². The number of fused-ring (bicyclic) bond motifs is 1. The monoisotopic (exact) mass is 244 g/mol. The number of ether oxygens (including phenoxy) is 1. The summed E-state index contributed by atoms with van der Waals surface area (Å²) in [5, 5.41) is 9.16. The van der Waals surface area contributed by atoms with Gasteiger partial charge in [0.05, 0.1) is 23.8 Å². The number of halogens is 1. The number of benzene rings is 1. The van der Waals surface area contributed by atoms with Crippen molar-refractivity contribution in [3.8, 4) is 6.07 Å². The van der Waals surface area contributed by atoms with Gasteiger partial charge in [0.2, 0.25) is 0 Å². The Morgan fingerprint density at radius 1 is 1.50 bits per heavy atom. The van der Waals surface area contributed by atoms with Gasteiger partial charge in [0.25, 0.3) is 0 Å². The van der Waals surface area contributed by atoms with Gasteiger partial charge in [-0.1, -0.05) is 0 Å². The van der Waals surface area contributed by atoms with Crippen LogP contribution < -0.4 is 0 Å². The Labute approximate surface area is 103 Å². The lowest BCUT2D eigenvalue weighted by molar-refractivity contribution is 0.0526. The van der Waals surface area contributed by atoms with E-state index in [4.69, 9.17) is 10.00 Å². The van der Waals surface area contributed by atoms with Crippen molar-refractivity contribution in [1.82, 2.24) is 4.98 Å². The predicted octanol–water partition coefficient (Wildman–Crippen LogP) is 2.42. The van der Waals surface area contributed by atoms with Crippen LogP contribution in [0.1, 0.15) is 22.8 Å². The maximum atomic E-state index is 13.6. The molecule has 0 aliphatic heterocycles. The number of hydrogen-bond acceptors (Lipinski definition) is 4. The smallest absolute Gasteiger partial charge is 0.339 e. The van der Waals surface area contributed by atoms with Gasteiger partial charge in [-0.15, -0.1) is 0 Å². The van der Waals surface area contributed by atoms with E-state index >= 15 is 0 Å². The Bertz CT molecular complexity index is 662. The van der Waals surface area contributed by atoms with E-state index in [-0.39, 0.29) is 23.3 Å². The van der Waals surface area contributed by atoms with Crippen LogP contribution in [0.4, 0.5) is 4.39 Å². The molecule has 0 unspecified atom stereocenters. The lowest BCUT2D eigenvalue weighted by Gasteiger charge is -2.04. The molecule has 1 aromatic carbocycles. The zero-order chi connectivity index (χ0) is 13.1. The second kappa shape index (κ2) is 4.80. The molecule has 2 rings (SSSR count). The highest BCUT2D eigenvalue weighted by atomic mass is 19.1. The first kappa shape index (κ1) is 12.0. The van der Waals surface area contributed by atoms with Gasteiger partial charge in [0.1, 0.15) is 5.52 Å². The van der Waals surface area contributed by atoms with Crippen molar-refractivity contribution in [2.24, 2.45) is 0 Å². The van der Waals surface area contributed by atoms with Crippen LogP contribution in [0.25, 0.3) is 10.9 Å². The van der Waals surface area contributed by atoms with E-state index in [0.29, 0.717) is 5.39 Å². The molecule has 2 aromatic rings. The maximum Gasteiger partial charge on any atom is 0.339 e. The summed E-state index contributed by atoms with van der Waals surface area (Å²) in [5.74, 6) is -1.10. The molecule has 0 aliphatic carbocycles. The average Bonchev–Trinajstić information content (AvgIpc) is 2.38. The van der Waals surface area contributed by atoms with Gasteiger partial charge in [0, 0.05) is 11.6 Å². The third-order valence-corrected chi connectivity index (χ3v) is 2.38. The fraction of sp³-hybridized carbons (Fsp3) is 0.154. The van der Waals surface area contributed by atoms with Crippen LogP contribution in [0.15, 0.2) is 24.4 Å². The molecular weight excluding hydrogens is 235 g/mol. The number of carbonyl (C=O) groups excluding carboxylic acids is 1. The number of nitriles is 1. The lowest BCUT2D eigenvalue weighted by atomic mass is 10.1. The second-order valence-electron chi connectivity index (χ2n) is 3.59. The van der Waals surface area contributed by atoms with Gasteiger partial charge >= 0.3 is 5.97 Å². The number of carbonyl (C=O) groups is 1. The Morgan fingerprint density at radius 2 is 2.28 bits per heavy atom. The highest BCUT2D eigenvalue weighted by Gasteiger charge is 2.11. The van der Waals surface area contributed by atoms with E-state index in [9.17, 15) is 9.18 Å². The number of pyridine rings is 1. The molecule has 90 valence electrons. The lowest BCUT2D eigenvalue weighted by Crippen LogP contribution is -2.05. The number of aromatic nitrogens is 1. The molecule has 0 amide bonds. The third kappa shape index (κ3) is 2.13. The number of esters is 1. The third-order valence-electron chi connectivity index (χ3n) is 2.38. The molecular formula is C13H9FN2O2. The zero-order valence-electron chi connectivity index (χ0n) is 9.61. The molecule has 0 bridgehead atoms. The molecule has 0 aliphatic rings. The zero-order valence-corrected chi connectivity index (χ0v) is 9.61. The van der Waals surface area contributed by atoms with Crippen LogP contribution in [0, 0.1) is 17.1 Å². The molecule has 5 heteroatoms. The van der Waals surface area contributed by atoms with Crippen LogP contribution in [0.2, 0.25) is 0 Å². The van der Waals surface area contributed by atoms with E-state index in [1.165, 1.54) is 18.3 Å². The average molecular weight is 244 g/mol. The fourth-order valence-corrected chi connectivity index (χ4v) is 1.60. The van der Waals surface area contributed by atoms with Crippen molar-refractivity contribution >= 4 is 16.9 Å². The molecule has 0 atom stereocenters. The van der Waals surface area contributed by atoms with Crippen molar-refractivity contribution in [3.05, 3.63) is 41.3 Å². The molecule has 0 fully saturated rings. The summed E-state index contributed by atoms with van der Waals surface area (Å²) < 4.78 is 18.4. The summed E-state index contributed by atoms with van der Waals surface area (Å²) in [7, 11) is 0. The maximum absolute atomic E-state index is 13.6. The Hall–Kier alpha value is -2.48. The van der Waals surface area contributed by atoms with Crippen molar-refractivity contribution in [2.45, 2.75) is 6.92 Å². The van der Waals surface area contributed by atoms with Crippen LogP contribution in [-0.4, -0.2) is 17.6 Å². The molecule has 1 aromatic heterocycles. The molecule has 0 radical (unpaired) electrons. The normalized spacial score (nSPS) is 10.1. The minimum Gasteiger partial charge on any atom is -0.462 e. The summed E-state index contributed by atoms with van der Waals surface area (Å²) in [4.78, 5) is 15.4. The van der Waals surface area contributed by atoms with Crippen LogP contribution in [-0.2, 0) is 4.74 Å². The quantitative estimate of drug-likeness (QED) is 0.761. The van der Waals surface area contributed by atoms with Crippen molar-refractivity contribution in [2.75, 3.05) is 6.61 Å². The molecule has 4 nitrogen and oxygen atoms in total. The summed E-state index contributed by atoms with van der Waals surface area (Å²) in [5.41, 5.74) is 0.545. The Kier molecular flexibility index (Phi) is 3.20. The van der Waals surface area contributed by atoms with Gasteiger partial charge in [-0.05, 0) is 25.1 Å². The van der Waals surface area contributed by atoms with E-state index < -0.39 is 11.8 Å². The topological polar surface area (TPSA) is 63.0 Å². The molecule has 1 heterocycles. The van der Waals surface area contributed by atoms with Gasteiger partial charge in [0.15, 0.2) is 5.82 Å². The van der Waals surface area contributed by atoms with E-state index in [0.717, 1.165) is 6.07 Å². The largest absolute Gasteiger partial charge is 0.462 e. The fourth-order valence-electron chi connectivity index (χ4n) is 1.60. The Morgan fingerprint density at radius 3 is 2.94 bits per heavy atom. The molecule has 18 heavy (non-hydrogen) atoms. The SMILES string of the molecule is CCOC(=O)c1cnc2c(F)cc(C#N)cc2c1. The summed E-state index contributed by atoms with van der Waals surface area (Å²) in [6, 6.07) is 5.90. The predicted molar refractivity (Wildman–Crippen MR) is 62.4 cm³/mol. The van der Waals surface area contributed by atoms with Gasteiger partial charge in [-0.3, -0.25) is 4.98 Å². The van der Waals surface area contributed by atoms with Gasteiger partial charge in [-0.2, -0.15) is 5.26 Å². The van der Waals surface area contributed by atoms with Gasteiger partial charge < -0.3 is 4.74 Å². The van der Waals surface area contributed by atoms with Crippen molar-refractivity contribution < 1.29 is 13.9 Å².